The number of benzene rings is 2. The van der Waals surface area contributed by atoms with E-state index < -0.39 is 36.6 Å². The quantitative estimate of drug-likeness (QED) is 0.0667. The first kappa shape index (κ1) is 41.0. The lowest BCUT2D eigenvalue weighted by molar-refractivity contribution is -0.116. The number of hydrogen-bond acceptors (Lipinski definition) is 12. The summed E-state index contributed by atoms with van der Waals surface area (Å²) in [6.07, 6.45) is 8.64. The van der Waals surface area contributed by atoms with Gasteiger partial charge in [0, 0.05) is 30.2 Å². The molecule has 1 saturated carbocycles. The number of anilines is 3. The maximum atomic E-state index is 14.0. The van der Waals surface area contributed by atoms with E-state index in [9.17, 15) is 18.1 Å². The number of carbonyl (C=O) groups is 1. The van der Waals surface area contributed by atoms with Crippen LogP contribution in [0.2, 0.25) is 0 Å². The molecule has 1 aliphatic rings. The zero-order valence-electron chi connectivity index (χ0n) is 31.8. The number of phosphoric acid groups is 1. The molecule has 14 nitrogen and oxygen atoms in total. The summed E-state index contributed by atoms with van der Waals surface area (Å²) < 4.78 is 71.4. The van der Waals surface area contributed by atoms with Crippen LogP contribution in [-0.4, -0.2) is 69.8 Å². The predicted molar refractivity (Wildman–Crippen MR) is 201 cm³/mol. The second kappa shape index (κ2) is 17.5. The number of hydrogen-bond donors (Lipinski definition) is 3. The molecule has 1 fully saturated rings. The van der Waals surface area contributed by atoms with Crippen molar-refractivity contribution in [1.29, 1.82) is 0 Å². The molecule has 54 heavy (non-hydrogen) atoms. The van der Waals surface area contributed by atoms with Gasteiger partial charge in [0.2, 0.25) is 5.91 Å². The molecule has 5 rings (SSSR count). The molecule has 0 bridgehead atoms. The highest BCUT2D eigenvalue weighted by molar-refractivity contribution is 7.48. The van der Waals surface area contributed by atoms with E-state index in [0.29, 0.717) is 53.0 Å². The van der Waals surface area contributed by atoms with Gasteiger partial charge in [0.1, 0.15) is 18.7 Å². The first-order valence-corrected chi connectivity index (χ1v) is 19.4. The summed E-state index contributed by atoms with van der Waals surface area (Å²) >= 11 is 0. The van der Waals surface area contributed by atoms with E-state index in [4.69, 9.17) is 23.0 Å². The van der Waals surface area contributed by atoms with E-state index in [-0.39, 0.29) is 24.9 Å². The molecule has 17 heteroatoms. The third kappa shape index (κ3) is 11.6. The molecule has 0 radical (unpaired) electrons. The van der Waals surface area contributed by atoms with Crippen LogP contribution in [0.5, 0.6) is 11.5 Å². The molecule has 2 aromatic heterocycles. The van der Waals surface area contributed by atoms with Crippen LogP contribution < -0.4 is 25.4 Å². The SMILES string of the molecule is COc1cc2c(Nc3cnn(CC(=O)Nc4cccc(F)c4F)c3)ncnc2cc1OCCC(NCCOP(=O)(OC(C)(C)C)OC(C)(C)C)C1CCC1. The van der Waals surface area contributed by atoms with E-state index in [0.717, 1.165) is 25.3 Å². The average Bonchev–Trinajstić information content (AvgIpc) is 3.48. The lowest BCUT2D eigenvalue weighted by Crippen LogP contribution is -2.42. The smallest absolute Gasteiger partial charge is 0.475 e. The fraction of sp³-hybridized carbons (Fsp3) is 0.514. The molecular formula is C37H50F2N7O7P. The van der Waals surface area contributed by atoms with Crippen LogP contribution in [-0.2, 0) is 29.5 Å². The van der Waals surface area contributed by atoms with Crippen molar-refractivity contribution in [3.05, 3.63) is 60.7 Å². The number of methoxy groups -OCH3 is 1. The highest BCUT2D eigenvalue weighted by Crippen LogP contribution is 2.55. The molecule has 4 aromatic rings. The minimum atomic E-state index is -3.80. The predicted octanol–water partition coefficient (Wildman–Crippen LogP) is 7.78. The van der Waals surface area contributed by atoms with Crippen LogP contribution in [0, 0.1) is 17.6 Å². The Balaban J connectivity index is 1.18. The number of phosphoric ester groups is 1. The topological polar surface area (TPSA) is 160 Å². The van der Waals surface area contributed by atoms with Gasteiger partial charge in [0.25, 0.3) is 0 Å². The van der Waals surface area contributed by atoms with Crippen LogP contribution in [0.25, 0.3) is 10.9 Å². The maximum absolute atomic E-state index is 14.0. The Morgan fingerprint density at radius 2 is 1.78 bits per heavy atom. The Hall–Kier alpha value is -4.21. The summed E-state index contributed by atoms with van der Waals surface area (Å²) in [5, 5.41) is 14.0. The number of carbonyl (C=O) groups excluding carboxylic acids is 1. The van der Waals surface area contributed by atoms with Gasteiger partial charge in [0.15, 0.2) is 23.1 Å². The molecule has 1 aliphatic carbocycles. The van der Waals surface area contributed by atoms with Crippen LogP contribution >= 0.6 is 7.82 Å². The highest BCUT2D eigenvalue weighted by Gasteiger charge is 2.37. The van der Waals surface area contributed by atoms with Crippen molar-refractivity contribution in [3.8, 4) is 11.5 Å². The number of ether oxygens (including phenoxy) is 2. The van der Waals surface area contributed by atoms with Gasteiger partial charge in [-0.1, -0.05) is 12.5 Å². The van der Waals surface area contributed by atoms with Crippen molar-refractivity contribution in [1.82, 2.24) is 25.1 Å². The molecule has 2 heterocycles. The number of amides is 1. The van der Waals surface area contributed by atoms with Crippen molar-refractivity contribution in [2.75, 3.05) is 37.5 Å². The normalized spacial score (nSPS) is 14.5. The maximum Gasteiger partial charge on any atom is 0.475 e. The van der Waals surface area contributed by atoms with E-state index in [1.807, 2.05) is 0 Å². The van der Waals surface area contributed by atoms with Gasteiger partial charge < -0.3 is 25.4 Å². The van der Waals surface area contributed by atoms with Crippen molar-refractivity contribution in [2.45, 2.75) is 91.0 Å². The molecule has 0 spiro atoms. The van der Waals surface area contributed by atoms with Gasteiger partial charge >= 0.3 is 7.82 Å². The summed E-state index contributed by atoms with van der Waals surface area (Å²) in [7, 11) is -2.25. The minimum absolute atomic E-state index is 0.149. The van der Waals surface area contributed by atoms with Crippen molar-refractivity contribution in [2.24, 2.45) is 5.92 Å². The Morgan fingerprint density at radius 1 is 1.04 bits per heavy atom. The average molecular weight is 774 g/mol. The largest absolute Gasteiger partial charge is 0.493 e. The lowest BCUT2D eigenvalue weighted by atomic mass is 9.78. The van der Waals surface area contributed by atoms with Gasteiger partial charge in [-0.25, -0.2) is 23.3 Å². The Labute approximate surface area is 314 Å². The van der Waals surface area contributed by atoms with Crippen molar-refractivity contribution < 1.29 is 41.2 Å². The zero-order chi connectivity index (χ0) is 39.1. The molecule has 1 unspecified atom stereocenters. The number of aromatic nitrogens is 4. The molecular weight excluding hydrogens is 723 g/mol. The summed E-state index contributed by atoms with van der Waals surface area (Å²) in [5.41, 5.74) is -0.535. The Bertz CT molecular complexity index is 1930. The van der Waals surface area contributed by atoms with Gasteiger partial charge in [-0.3, -0.25) is 23.0 Å². The summed E-state index contributed by atoms with van der Waals surface area (Å²) in [6.45, 7) is 11.6. The van der Waals surface area contributed by atoms with Crippen LogP contribution in [0.1, 0.15) is 67.2 Å². The first-order chi connectivity index (χ1) is 25.5. The van der Waals surface area contributed by atoms with Crippen molar-refractivity contribution in [3.63, 3.8) is 0 Å². The lowest BCUT2D eigenvalue weighted by Gasteiger charge is -2.35. The van der Waals surface area contributed by atoms with Crippen LogP contribution in [0.3, 0.4) is 0 Å². The molecule has 294 valence electrons. The summed E-state index contributed by atoms with van der Waals surface area (Å²) in [6, 6.07) is 7.29. The highest BCUT2D eigenvalue weighted by atomic mass is 31.2. The van der Waals surface area contributed by atoms with Gasteiger partial charge in [-0.2, -0.15) is 5.10 Å². The first-order valence-electron chi connectivity index (χ1n) is 17.9. The number of halogens is 2. The summed E-state index contributed by atoms with van der Waals surface area (Å²) in [4.78, 5) is 21.3. The summed E-state index contributed by atoms with van der Waals surface area (Å²) in [5.74, 6) is -0.789. The van der Waals surface area contributed by atoms with Gasteiger partial charge in [-0.15, -0.1) is 0 Å². The Kier molecular flexibility index (Phi) is 13.3. The molecule has 1 amide bonds. The fourth-order valence-electron chi connectivity index (χ4n) is 5.81. The molecule has 0 saturated heterocycles. The molecule has 3 N–H and O–H groups in total. The Morgan fingerprint density at radius 3 is 2.44 bits per heavy atom. The van der Waals surface area contributed by atoms with E-state index >= 15 is 0 Å². The molecule has 1 atom stereocenters. The third-order valence-corrected chi connectivity index (χ3v) is 10.3. The number of nitrogens with one attached hydrogen (secondary N) is 3. The van der Waals surface area contributed by atoms with Gasteiger partial charge in [0.05, 0.1) is 54.6 Å². The second-order valence-corrected chi connectivity index (χ2v) is 16.5. The minimum Gasteiger partial charge on any atom is -0.493 e. The number of rotatable bonds is 18. The van der Waals surface area contributed by atoms with Gasteiger partial charge in [-0.05, 0) is 84.9 Å². The van der Waals surface area contributed by atoms with Crippen molar-refractivity contribution >= 4 is 41.8 Å². The number of nitrogens with zero attached hydrogens (tertiary/aromatic N) is 4. The van der Waals surface area contributed by atoms with E-state index in [1.54, 1.807) is 67.0 Å². The monoisotopic (exact) mass is 773 g/mol. The standard InChI is InChI=1S/C37H50F2N7O7P/c1-36(2,3)52-54(48,53-37(4,5)6)51-17-15-40-28(24-10-8-11-24)14-16-50-32-19-30-26(18-31(32)49-7)35(42-23-41-30)44-25-20-43-46(21-25)22-33(47)45-29-13-9-12-27(38)34(29)39/h9,12-13,18-21,23-24,28,40H,8,10-11,14-17,22H2,1-7H3,(H,45,47)(H,41,42,44). The number of fused-ring (bicyclic) bond motifs is 1. The van der Waals surface area contributed by atoms with E-state index in [2.05, 4.69) is 31.0 Å². The molecule has 2 aromatic carbocycles. The second-order valence-electron chi connectivity index (χ2n) is 15.0. The third-order valence-electron chi connectivity index (χ3n) is 8.28. The van der Waals surface area contributed by atoms with Crippen LogP contribution in [0.4, 0.5) is 26.0 Å². The van der Waals surface area contributed by atoms with Crippen LogP contribution in [0.15, 0.2) is 49.1 Å². The fourth-order valence-corrected chi connectivity index (χ4v) is 7.61. The van der Waals surface area contributed by atoms with E-state index in [1.165, 1.54) is 35.8 Å². The zero-order valence-corrected chi connectivity index (χ0v) is 32.7. The molecule has 0 aliphatic heterocycles.